The van der Waals surface area contributed by atoms with Crippen LogP contribution in [0.4, 0.5) is 0 Å². The first-order chi connectivity index (χ1) is 12.7. The lowest BCUT2D eigenvalue weighted by Crippen LogP contribution is -2.40. The van der Waals surface area contributed by atoms with Gasteiger partial charge in [-0.05, 0) is 31.6 Å². The summed E-state index contributed by atoms with van der Waals surface area (Å²) in [5, 5.41) is 3.40. The van der Waals surface area contributed by atoms with Gasteiger partial charge in [-0.15, -0.1) is 0 Å². The van der Waals surface area contributed by atoms with Crippen LogP contribution in [-0.2, 0) is 4.79 Å². The van der Waals surface area contributed by atoms with Crippen LogP contribution in [0.25, 0.3) is 0 Å². The molecule has 1 amide bonds. The molecule has 1 aliphatic rings. The Bertz CT molecular complexity index is 335. The first-order valence-electron chi connectivity index (χ1n) is 12.0. The number of carbonyl (C=O) groups excluding carboxylic acids is 1. The summed E-state index contributed by atoms with van der Waals surface area (Å²) >= 11 is 0. The van der Waals surface area contributed by atoms with Crippen molar-refractivity contribution < 1.29 is 4.79 Å². The molecule has 0 aliphatic heterocycles. The van der Waals surface area contributed by atoms with Crippen LogP contribution in [-0.4, -0.2) is 11.9 Å². The molecule has 1 rings (SSSR count). The van der Waals surface area contributed by atoms with E-state index in [1.165, 1.54) is 96.3 Å². The molecule has 0 spiro atoms. The van der Waals surface area contributed by atoms with Gasteiger partial charge in [-0.3, -0.25) is 4.79 Å². The average Bonchev–Trinajstić information content (AvgIpc) is 2.66. The van der Waals surface area contributed by atoms with Gasteiger partial charge in [-0.1, -0.05) is 104 Å². The van der Waals surface area contributed by atoms with Gasteiger partial charge < -0.3 is 5.32 Å². The molecule has 0 unspecified atom stereocenters. The minimum atomic E-state index is 0.263. The third-order valence-electron chi connectivity index (χ3n) is 6.44. The molecule has 1 N–H and O–H groups in total. The van der Waals surface area contributed by atoms with E-state index in [4.69, 9.17) is 0 Å². The van der Waals surface area contributed by atoms with Crippen molar-refractivity contribution in [2.75, 3.05) is 0 Å². The Morgan fingerprint density at radius 3 is 2.00 bits per heavy atom. The van der Waals surface area contributed by atoms with Crippen LogP contribution in [0.3, 0.4) is 0 Å². The van der Waals surface area contributed by atoms with Crippen LogP contribution in [0.15, 0.2) is 0 Å². The van der Waals surface area contributed by atoms with E-state index >= 15 is 0 Å². The molecular formula is C24H47NO. The summed E-state index contributed by atoms with van der Waals surface area (Å²) in [5.74, 6) is 1.54. The van der Waals surface area contributed by atoms with Crippen LogP contribution in [0.5, 0.6) is 0 Å². The lowest BCUT2D eigenvalue weighted by Gasteiger charge is -2.26. The van der Waals surface area contributed by atoms with Crippen LogP contribution in [0, 0.1) is 11.8 Å². The van der Waals surface area contributed by atoms with E-state index in [9.17, 15) is 4.79 Å². The molecule has 0 aromatic carbocycles. The van der Waals surface area contributed by atoms with E-state index in [2.05, 4.69) is 26.1 Å². The Morgan fingerprint density at radius 1 is 0.808 bits per heavy atom. The second-order valence-electron chi connectivity index (χ2n) is 8.74. The molecule has 0 aromatic heterocycles. The van der Waals surface area contributed by atoms with E-state index in [-0.39, 0.29) is 5.92 Å². The van der Waals surface area contributed by atoms with Gasteiger partial charge in [-0.25, -0.2) is 0 Å². The van der Waals surface area contributed by atoms with Crippen molar-refractivity contribution in [3.05, 3.63) is 0 Å². The van der Waals surface area contributed by atoms with E-state index in [0.29, 0.717) is 11.9 Å². The summed E-state index contributed by atoms with van der Waals surface area (Å²) < 4.78 is 0. The van der Waals surface area contributed by atoms with E-state index < -0.39 is 0 Å². The predicted octanol–water partition coefficient (Wildman–Crippen LogP) is 7.41. The highest BCUT2D eigenvalue weighted by Crippen LogP contribution is 2.24. The molecule has 0 heterocycles. The molecule has 1 saturated carbocycles. The van der Waals surface area contributed by atoms with Crippen LogP contribution < -0.4 is 5.32 Å². The molecule has 0 radical (unpaired) electrons. The Balaban J connectivity index is 2.34. The number of amides is 1. The summed E-state index contributed by atoms with van der Waals surface area (Å²) in [4.78, 5) is 12.8. The van der Waals surface area contributed by atoms with Crippen molar-refractivity contribution in [3.8, 4) is 0 Å². The van der Waals surface area contributed by atoms with Crippen molar-refractivity contribution in [2.45, 2.75) is 136 Å². The first-order valence-corrected chi connectivity index (χ1v) is 12.0. The number of hydrogen-bond donors (Lipinski definition) is 1. The van der Waals surface area contributed by atoms with Crippen molar-refractivity contribution >= 4 is 5.91 Å². The van der Waals surface area contributed by atoms with Crippen LogP contribution in [0.1, 0.15) is 130 Å². The first kappa shape index (κ1) is 23.5. The fourth-order valence-corrected chi connectivity index (χ4v) is 4.48. The topological polar surface area (TPSA) is 29.1 Å². The Morgan fingerprint density at radius 2 is 1.38 bits per heavy atom. The Labute approximate surface area is 164 Å². The fraction of sp³-hybridized carbons (Fsp3) is 0.958. The van der Waals surface area contributed by atoms with Gasteiger partial charge in [0.15, 0.2) is 0 Å². The molecule has 0 bridgehead atoms. The maximum absolute atomic E-state index is 12.8. The summed E-state index contributed by atoms with van der Waals surface area (Å²) in [6.45, 7) is 6.88. The summed E-state index contributed by atoms with van der Waals surface area (Å²) in [6, 6.07) is 0.462. The highest BCUT2D eigenvalue weighted by Gasteiger charge is 2.22. The van der Waals surface area contributed by atoms with Crippen LogP contribution >= 0.6 is 0 Å². The minimum absolute atomic E-state index is 0.263. The molecule has 2 heteroatoms. The van der Waals surface area contributed by atoms with Gasteiger partial charge in [-0.2, -0.15) is 0 Å². The normalized spacial score (nSPS) is 17.8. The predicted molar refractivity (Wildman–Crippen MR) is 114 cm³/mol. The maximum atomic E-state index is 12.8. The quantitative estimate of drug-likeness (QED) is 0.301. The second-order valence-corrected chi connectivity index (χ2v) is 8.74. The fourth-order valence-electron chi connectivity index (χ4n) is 4.48. The zero-order valence-corrected chi connectivity index (χ0v) is 18.2. The van der Waals surface area contributed by atoms with Crippen molar-refractivity contribution in [3.63, 3.8) is 0 Å². The lowest BCUT2D eigenvalue weighted by atomic mass is 9.89. The summed E-state index contributed by atoms with van der Waals surface area (Å²) in [6.07, 6.45) is 21.6. The minimum Gasteiger partial charge on any atom is -0.353 e. The van der Waals surface area contributed by atoms with Gasteiger partial charge in [0.2, 0.25) is 5.91 Å². The average molecular weight is 366 g/mol. The standard InChI is InChI=1S/C24H47NO/c1-4-7-10-17-22(24(26)25-23-19-11-9-12-20-23)18-14-13-16-21(6-3)15-8-5-2/h21-23H,4-20H2,1-3H3,(H,25,26)/t21-,22+/m1/s1. The molecule has 1 fully saturated rings. The van der Waals surface area contributed by atoms with E-state index in [1.807, 2.05) is 0 Å². The number of unbranched alkanes of at least 4 members (excludes halogenated alkanes) is 4. The molecule has 1 aliphatic carbocycles. The van der Waals surface area contributed by atoms with Crippen molar-refractivity contribution in [1.29, 1.82) is 0 Å². The molecule has 0 aromatic rings. The number of hydrogen-bond acceptors (Lipinski definition) is 1. The zero-order valence-electron chi connectivity index (χ0n) is 18.2. The largest absolute Gasteiger partial charge is 0.353 e. The molecule has 2 atom stereocenters. The van der Waals surface area contributed by atoms with Gasteiger partial charge in [0.1, 0.15) is 0 Å². The van der Waals surface area contributed by atoms with Gasteiger partial charge in [0.25, 0.3) is 0 Å². The third-order valence-corrected chi connectivity index (χ3v) is 6.44. The maximum Gasteiger partial charge on any atom is 0.223 e. The number of rotatable bonds is 15. The van der Waals surface area contributed by atoms with E-state index in [1.54, 1.807) is 0 Å². The monoisotopic (exact) mass is 365 g/mol. The lowest BCUT2D eigenvalue weighted by molar-refractivity contribution is -0.126. The second kappa shape index (κ2) is 15.5. The smallest absolute Gasteiger partial charge is 0.223 e. The summed E-state index contributed by atoms with van der Waals surface area (Å²) in [7, 11) is 0. The van der Waals surface area contributed by atoms with Crippen LogP contribution in [0.2, 0.25) is 0 Å². The highest BCUT2D eigenvalue weighted by atomic mass is 16.1. The highest BCUT2D eigenvalue weighted by molar-refractivity contribution is 5.78. The molecule has 154 valence electrons. The Kier molecular flexibility index (Phi) is 14.0. The molecule has 26 heavy (non-hydrogen) atoms. The van der Waals surface area contributed by atoms with Crippen molar-refractivity contribution in [1.82, 2.24) is 5.32 Å². The Hall–Kier alpha value is -0.530. The molecule has 0 saturated heterocycles. The number of carbonyl (C=O) groups is 1. The molecular weight excluding hydrogens is 318 g/mol. The van der Waals surface area contributed by atoms with Gasteiger partial charge in [0, 0.05) is 12.0 Å². The summed E-state index contributed by atoms with van der Waals surface area (Å²) in [5.41, 5.74) is 0. The number of nitrogens with one attached hydrogen (secondary N) is 1. The van der Waals surface area contributed by atoms with Crippen molar-refractivity contribution in [2.24, 2.45) is 11.8 Å². The molecule has 2 nitrogen and oxygen atoms in total. The SMILES string of the molecule is CCCCC[C@@H](CCCC[C@H](CC)CCCC)C(=O)NC1CCCCC1. The van der Waals surface area contributed by atoms with Gasteiger partial charge in [0.05, 0.1) is 0 Å². The third kappa shape index (κ3) is 10.6. The zero-order chi connectivity index (χ0) is 19.0. The van der Waals surface area contributed by atoms with Gasteiger partial charge >= 0.3 is 0 Å². The van der Waals surface area contributed by atoms with E-state index in [0.717, 1.165) is 18.8 Å².